The summed E-state index contributed by atoms with van der Waals surface area (Å²) in [6.07, 6.45) is 2.22. The fourth-order valence-corrected chi connectivity index (χ4v) is 4.35. The van der Waals surface area contributed by atoms with Crippen molar-refractivity contribution in [2.45, 2.75) is 29.9 Å². The summed E-state index contributed by atoms with van der Waals surface area (Å²) in [5, 5.41) is 0.381. The summed E-state index contributed by atoms with van der Waals surface area (Å²) >= 11 is 1.81. The molecule has 19 heavy (non-hydrogen) atoms. The average molecular weight is 299 g/mol. The SMILES string of the molecule is CC(=O)c1ccc(S(=O)(=O)NCC2CCCS2)cc1. The molecule has 0 amide bonds. The number of thioether (sulfide) groups is 1. The molecule has 1 aromatic rings. The molecule has 1 aromatic carbocycles. The van der Waals surface area contributed by atoms with Gasteiger partial charge in [-0.2, -0.15) is 11.8 Å². The largest absolute Gasteiger partial charge is 0.295 e. The van der Waals surface area contributed by atoms with Gasteiger partial charge in [-0.3, -0.25) is 4.79 Å². The highest BCUT2D eigenvalue weighted by Gasteiger charge is 2.20. The van der Waals surface area contributed by atoms with Gasteiger partial charge in [-0.15, -0.1) is 0 Å². The lowest BCUT2D eigenvalue weighted by Crippen LogP contribution is -2.29. The molecule has 0 bridgehead atoms. The fourth-order valence-electron chi connectivity index (χ4n) is 1.96. The Hall–Kier alpha value is -0.850. The van der Waals surface area contributed by atoms with Gasteiger partial charge in [0.05, 0.1) is 4.90 Å². The molecule has 1 atom stereocenters. The Bertz CT molecular complexity index is 546. The molecule has 0 radical (unpaired) electrons. The van der Waals surface area contributed by atoms with Crippen molar-refractivity contribution in [3.05, 3.63) is 29.8 Å². The first-order valence-corrected chi connectivity index (χ1v) is 8.74. The number of benzene rings is 1. The predicted octanol–water partition coefficient (Wildman–Crippen LogP) is 2.06. The molecule has 6 heteroatoms. The van der Waals surface area contributed by atoms with E-state index < -0.39 is 10.0 Å². The van der Waals surface area contributed by atoms with Crippen molar-refractivity contribution >= 4 is 27.6 Å². The van der Waals surface area contributed by atoms with Crippen LogP contribution in [0.1, 0.15) is 30.1 Å². The van der Waals surface area contributed by atoms with Gasteiger partial charge in [-0.25, -0.2) is 13.1 Å². The van der Waals surface area contributed by atoms with E-state index in [9.17, 15) is 13.2 Å². The van der Waals surface area contributed by atoms with E-state index in [-0.39, 0.29) is 10.7 Å². The molecule has 1 unspecified atom stereocenters. The molecule has 2 rings (SSSR count). The monoisotopic (exact) mass is 299 g/mol. The first kappa shape index (κ1) is 14.6. The molecule has 1 N–H and O–H groups in total. The van der Waals surface area contributed by atoms with Crippen LogP contribution < -0.4 is 4.72 Å². The van der Waals surface area contributed by atoms with Crippen LogP contribution in [0.3, 0.4) is 0 Å². The van der Waals surface area contributed by atoms with Crippen molar-refractivity contribution in [2.75, 3.05) is 12.3 Å². The number of hydrogen-bond acceptors (Lipinski definition) is 4. The normalized spacial score (nSPS) is 19.5. The number of carbonyl (C=O) groups is 1. The van der Waals surface area contributed by atoms with Crippen LogP contribution in [0.25, 0.3) is 0 Å². The first-order chi connectivity index (χ1) is 8.99. The second-order valence-corrected chi connectivity index (χ2v) is 7.74. The van der Waals surface area contributed by atoms with Crippen molar-refractivity contribution in [1.29, 1.82) is 0 Å². The summed E-state index contributed by atoms with van der Waals surface area (Å²) in [6, 6.07) is 6.03. The summed E-state index contributed by atoms with van der Waals surface area (Å²) in [7, 11) is -3.46. The number of nitrogens with one attached hydrogen (secondary N) is 1. The number of sulfonamides is 1. The number of hydrogen-bond donors (Lipinski definition) is 1. The van der Waals surface area contributed by atoms with Gasteiger partial charge in [0.1, 0.15) is 0 Å². The first-order valence-electron chi connectivity index (χ1n) is 6.21. The minimum Gasteiger partial charge on any atom is -0.295 e. The maximum absolute atomic E-state index is 12.1. The molecule has 104 valence electrons. The van der Waals surface area contributed by atoms with Gasteiger partial charge in [0, 0.05) is 17.4 Å². The highest BCUT2D eigenvalue weighted by atomic mass is 32.2. The van der Waals surface area contributed by atoms with E-state index in [2.05, 4.69) is 4.72 Å². The van der Waals surface area contributed by atoms with Crippen LogP contribution in [-0.2, 0) is 10.0 Å². The molecule has 4 nitrogen and oxygen atoms in total. The van der Waals surface area contributed by atoms with Crippen LogP contribution in [0.5, 0.6) is 0 Å². The van der Waals surface area contributed by atoms with Gasteiger partial charge in [0.15, 0.2) is 5.78 Å². The summed E-state index contributed by atoms with van der Waals surface area (Å²) in [4.78, 5) is 11.3. The Morgan fingerprint density at radius 1 is 1.37 bits per heavy atom. The third-order valence-electron chi connectivity index (χ3n) is 3.10. The number of carbonyl (C=O) groups excluding carboxylic acids is 1. The van der Waals surface area contributed by atoms with Gasteiger partial charge >= 0.3 is 0 Å². The molecule has 0 aliphatic carbocycles. The van der Waals surface area contributed by atoms with Crippen LogP contribution in [0.15, 0.2) is 29.2 Å². The number of rotatable bonds is 5. The topological polar surface area (TPSA) is 63.2 Å². The second-order valence-electron chi connectivity index (χ2n) is 4.57. The van der Waals surface area contributed by atoms with Crippen molar-refractivity contribution < 1.29 is 13.2 Å². The predicted molar refractivity (Wildman–Crippen MR) is 77.1 cm³/mol. The summed E-state index contributed by atoms with van der Waals surface area (Å²) in [5.74, 6) is 1.04. The Morgan fingerprint density at radius 2 is 2.05 bits per heavy atom. The van der Waals surface area contributed by atoms with Gasteiger partial charge in [0.25, 0.3) is 0 Å². The highest BCUT2D eigenvalue weighted by molar-refractivity contribution is 8.00. The Morgan fingerprint density at radius 3 is 2.58 bits per heavy atom. The molecule has 1 heterocycles. The van der Waals surface area contributed by atoms with Gasteiger partial charge in [0.2, 0.25) is 10.0 Å². The number of Topliss-reactive ketones (excluding diaryl/α,β-unsaturated/α-hetero) is 1. The van der Waals surface area contributed by atoms with Crippen LogP contribution in [0, 0.1) is 0 Å². The van der Waals surface area contributed by atoms with Gasteiger partial charge in [-0.05, 0) is 37.7 Å². The van der Waals surface area contributed by atoms with Crippen molar-refractivity contribution in [2.24, 2.45) is 0 Å². The second kappa shape index (κ2) is 6.07. The van der Waals surface area contributed by atoms with Crippen LogP contribution in [-0.4, -0.2) is 31.7 Å². The van der Waals surface area contributed by atoms with E-state index >= 15 is 0 Å². The third-order valence-corrected chi connectivity index (χ3v) is 5.93. The quantitative estimate of drug-likeness (QED) is 0.845. The molecular formula is C13H17NO3S2. The summed E-state index contributed by atoms with van der Waals surface area (Å²) in [6.45, 7) is 1.93. The highest BCUT2D eigenvalue weighted by Crippen LogP contribution is 2.25. The molecule has 0 spiro atoms. The molecule has 1 aliphatic rings. The van der Waals surface area contributed by atoms with Crippen LogP contribution in [0.2, 0.25) is 0 Å². The molecule has 0 saturated carbocycles. The van der Waals surface area contributed by atoms with E-state index in [1.165, 1.54) is 19.1 Å². The van der Waals surface area contributed by atoms with Gasteiger partial charge in [-0.1, -0.05) is 12.1 Å². The standard InChI is InChI=1S/C13H17NO3S2/c1-10(15)11-4-6-13(7-5-11)19(16,17)14-9-12-3-2-8-18-12/h4-7,12,14H,2-3,8-9H2,1H3. The Balaban J connectivity index is 2.03. The van der Waals surface area contributed by atoms with Crippen LogP contribution >= 0.6 is 11.8 Å². The van der Waals surface area contributed by atoms with Crippen molar-refractivity contribution in [3.63, 3.8) is 0 Å². The van der Waals surface area contributed by atoms with E-state index in [0.29, 0.717) is 17.4 Å². The zero-order chi connectivity index (χ0) is 13.9. The zero-order valence-corrected chi connectivity index (χ0v) is 12.4. The zero-order valence-electron chi connectivity index (χ0n) is 10.8. The van der Waals surface area contributed by atoms with Crippen molar-refractivity contribution in [3.8, 4) is 0 Å². The lowest BCUT2D eigenvalue weighted by atomic mass is 10.2. The lowest BCUT2D eigenvalue weighted by molar-refractivity contribution is 0.101. The molecule has 1 saturated heterocycles. The lowest BCUT2D eigenvalue weighted by Gasteiger charge is -2.11. The number of ketones is 1. The average Bonchev–Trinajstić information content (AvgIpc) is 2.90. The van der Waals surface area contributed by atoms with E-state index in [1.807, 2.05) is 11.8 Å². The minimum atomic E-state index is -3.46. The molecule has 1 aliphatic heterocycles. The maximum atomic E-state index is 12.1. The minimum absolute atomic E-state index is 0.0701. The van der Waals surface area contributed by atoms with E-state index in [4.69, 9.17) is 0 Å². The summed E-state index contributed by atoms with van der Waals surface area (Å²) < 4.78 is 26.8. The van der Waals surface area contributed by atoms with E-state index in [1.54, 1.807) is 12.1 Å². The summed E-state index contributed by atoms with van der Waals surface area (Å²) in [5.41, 5.74) is 0.519. The fraction of sp³-hybridized carbons (Fsp3) is 0.462. The molecule has 1 fully saturated rings. The maximum Gasteiger partial charge on any atom is 0.240 e. The van der Waals surface area contributed by atoms with E-state index in [0.717, 1.165) is 18.6 Å². The van der Waals surface area contributed by atoms with Crippen LogP contribution in [0.4, 0.5) is 0 Å². The molecule has 0 aromatic heterocycles. The van der Waals surface area contributed by atoms with Crippen molar-refractivity contribution in [1.82, 2.24) is 4.72 Å². The Labute approximate surface area is 118 Å². The molecular weight excluding hydrogens is 282 g/mol. The smallest absolute Gasteiger partial charge is 0.240 e. The Kier molecular flexibility index (Phi) is 4.65. The van der Waals surface area contributed by atoms with Gasteiger partial charge < -0.3 is 0 Å². The third kappa shape index (κ3) is 3.81.